The first-order chi connectivity index (χ1) is 12.7. The molecule has 0 N–H and O–H groups in total. The number of aryl methyl sites for hydroxylation is 1. The Morgan fingerprint density at radius 2 is 2.00 bits per heavy atom. The van der Waals surface area contributed by atoms with Gasteiger partial charge in [0.2, 0.25) is 11.8 Å². The molecule has 1 saturated heterocycles. The lowest BCUT2D eigenvalue weighted by atomic mass is 9.94. The van der Waals surface area contributed by atoms with Crippen LogP contribution in [-0.4, -0.2) is 47.6 Å². The van der Waals surface area contributed by atoms with Gasteiger partial charge < -0.3 is 14.4 Å². The van der Waals surface area contributed by atoms with Crippen LogP contribution >= 0.6 is 0 Å². The SMILES string of the molecule is COCCC(=O)N1CCC[C@@H](c2nccnc2Oc2ccc(C)cc2)C1. The van der Waals surface area contributed by atoms with Crippen LogP contribution in [0.4, 0.5) is 0 Å². The molecule has 1 aromatic heterocycles. The number of methoxy groups -OCH3 is 1. The van der Waals surface area contributed by atoms with Crippen molar-refractivity contribution in [1.29, 1.82) is 0 Å². The number of nitrogens with zero attached hydrogens (tertiary/aromatic N) is 3. The molecule has 0 unspecified atom stereocenters. The molecule has 26 heavy (non-hydrogen) atoms. The minimum atomic E-state index is 0.126. The van der Waals surface area contributed by atoms with Crippen LogP contribution in [0.5, 0.6) is 11.6 Å². The third-order valence-corrected chi connectivity index (χ3v) is 4.61. The van der Waals surface area contributed by atoms with Crippen molar-refractivity contribution in [3.63, 3.8) is 0 Å². The first-order valence-electron chi connectivity index (χ1n) is 8.99. The predicted octanol–water partition coefficient (Wildman–Crippen LogP) is 3.32. The van der Waals surface area contributed by atoms with Crippen LogP contribution in [0.3, 0.4) is 0 Å². The molecule has 2 aromatic rings. The number of piperidine rings is 1. The molecule has 1 fully saturated rings. The number of likely N-dealkylation sites (tertiary alicyclic amines) is 1. The first-order valence-corrected chi connectivity index (χ1v) is 8.99. The zero-order chi connectivity index (χ0) is 18.4. The smallest absolute Gasteiger partial charge is 0.241 e. The predicted molar refractivity (Wildman–Crippen MR) is 98.3 cm³/mol. The Morgan fingerprint density at radius 1 is 1.23 bits per heavy atom. The maximum atomic E-state index is 12.3. The molecule has 0 bridgehead atoms. The molecule has 1 aromatic carbocycles. The van der Waals surface area contributed by atoms with Crippen molar-refractivity contribution in [2.75, 3.05) is 26.8 Å². The maximum absolute atomic E-state index is 12.3. The van der Waals surface area contributed by atoms with Gasteiger partial charge in [-0.25, -0.2) is 4.98 Å². The summed E-state index contributed by atoms with van der Waals surface area (Å²) in [7, 11) is 1.61. The molecule has 0 saturated carbocycles. The molecule has 2 heterocycles. The molecule has 6 nitrogen and oxygen atoms in total. The largest absolute Gasteiger partial charge is 0.437 e. The Labute approximate surface area is 154 Å². The number of aromatic nitrogens is 2. The number of rotatable bonds is 6. The van der Waals surface area contributed by atoms with Crippen molar-refractivity contribution in [3.8, 4) is 11.6 Å². The van der Waals surface area contributed by atoms with E-state index in [0.29, 0.717) is 25.5 Å². The van der Waals surface area contributed by atoms with Crippen molar-refractivity contribution >= 4 is 5.91 Å². The second-order valence-corrected chi connectivity index (χ2v) is 6.58. The summed E-state index contributed by atoms with van der Waals surface area (Å²) in [5.74, 6) is 1.51. The molecule has 6 heteroatoms. The van der Waals surface area contributed by atoms with E-state index in [4.69, 9.17) is 9.47 Å². The van der Waals surface area contributed by atoms with Gasteiger partial charge in [-0.2, -0.15) is 0 Å². The topological polar surface area (TPSA) is 64.5 Å². The Morgan fingerprint density at radius 3 is 2.77 bits per heavy atom. The quantitative estimate of drug-likeness (QED) is 0.795. The lowest BCUT2D eigenvalue weighted by Crippen LogP contribution is -2.39. The van der Waals surface area contributed by atoms with E-state index >= 15 is 0 Å². The lowest BCUT2D eigenvalue weighted by molar-refractivity contribution is -0.133. The van der Waals surface area contributed by atoms with Gasteiger partial charge in [-0.05, 0) is 31.9 Å². The number of hydrogen-bond acceptors (Lipinski definition) is 5. The van der Waals surface area contributed by atoms with Gasteiger partial charge in [-0.15, -0.1) is 0 Å². The molecule has 1 atom stereocenters. The minimum Gasteiger partial charge on any atom is -0.437 e. The van der Waals surface area contributed by atoms with Gasteiger partial charge in [0.1, 0.15) is 11.4 Å². The Kier molecular flexibility index (Phi) is 6.17. The third kappa shape index (κ3) is 4.58. The van der Waals surface area contributed by atoms with Gasteiger partial charge in [-0.3, -0.25) is 9.78 Å². The van der Waals surface area contributed by atoms with Crippen LogP contribution in [0, 0.1) is 6.92 Å². The van der Waals surface area contributed by atoms with Crippen molar-refractivity contribution < 1.29 is 14.3 Å². The third-order valence-electron chi connectivity index (χ3n) is 4.61. The standard InChI is InChI=1S/C20H25N3O3/c1-15-5-7-17(8-6-15)26-20-19(21-10-11-22-20)16-4-3-12-23(14-16)18(24)9-13-25-2/h5-8,10-11,16H,3-4,9,12-14H2,1-2H3/t16-/m1/s1. The molecule has 0 aliphatic carbocycles. The molecular formula is C20H25N3O3. The lowest BCUT2D eigenvalue weighted by Gasteiger charge is -2.32. The van der Waals surface area contributed by atoms with Gasteiger partial charge >= 0.3 is 0 Å². The summed E-state index contributed by atoms with van der Waals surface area (Å²) >= 11 is 0. The van der Waals surface area contributed by atoms with Crippen molar-refractivity contribution in [2.45, 2.75) is 32.1 Å². The zero-order valence-corrected chi connectivity index (χ0v) is 15.4. The van der Waals surface area contributed by atoms with E-state index in [2.05, 4.69) is 9.97 Å². The van der Waals surface area contributed by atoms with E-state index < -0.39 is 0 Å². The summed E-state index contributed by atoms with van der Waals surface area (Å²) in [6.45, 7) is 3.92. The fourth-order valence-electron chi connectivity index (χ4n) is 3.19. The molecule has 0 spiro atoms. The first kappa shape index (κ1) is 18.3. The number of ether oxygens (including phenoxy) is 2. The number of hydrogen-bond donors (Lipinski definition) is 0. The fraction of sp³-hybridized carbons (Fsp3) is 0.450. The Hall–Kier alpha value is -2.47. The number of amides is 1. The van der Waals surface area contributed by atoms with Crippen LogP contribution in [0.1, 0.15) is 36.4 Å². The molecule has 3 rings (SSSR count). The van der Waals surface area contributed by atoms with Gasteiger partial charge in [-0.1, -0.05) is 17.7 Å². The van der Waals surface area contributed by atoms with E-state index in [0.717, 1.165) is 30.8 Å². The second-order valence-electron chi connectivity index (χ2n) is 6.58. The van der Waals surface area contributed by atoms with Gasteiger partial charge in [0, 0.05) is 38.5 Å². The highest BCUT2D eigenvalue weighted by atomic mass is 16.5. The van der Waals surface area contributed by atoms with E-state index in [1.165, 1.54) is 5.56 Å². The molecule has 1 aliphatic rings. The zero-order valence-electron chi connectivity index (χ0n) is 15.4. The Bertz CT molecular complexity index is 733. The summed E-state index contributed by atoms with van der Waals surface area (Å²) in [5.41, 5.74) is 1.99. The Balaban J connectivity index is 1.74. The molecule has 1 amide bonds. The van der Waals surface area contributed by atoms with Gasteiger partial charge in [0.15, 0.2) is 0 Å². The summed E-state index contributed by atoms with van der Waals surface area (Å²) in [6.07, 6.45) is 5.65. The van der Waals surface area contributed by atoms with Crippen molar-refractivity contribution in [3.05, 3.63) is 47.9 Å². The molecule has 0 radical (unpaired) electrons. The summed E-state index contributed by atoms with van der Waals surface area (Å²) in [6, 6.07) is 7.86. The van der Waals surface area contributed by atoms with E-state index in [1.54, 1.807) is 19.5 Å². The van der Waals surface area contributed by atoms with Gasteiger partial charge in [0.05, 0.1) is 13.0 Å². The molecular weight excluding hydrogens is 330 g/mol. The van der Waals surface area contributed by atoms with Gasteiger partial charge in [0.25, 0.3) is 0 Å². The van der Waals surface area contributed by atoms with Crippen LogP contribution in [0.2, 0.25) is 0 Å². The average Bonchev–Trinajstić information content (AvgIpc) is 2.68. The highest BCUT2D eigenvalue weighted by Crippen LogP contribution is 2.32. The van der Waals surface area contributed by atoms with E-state index in [1.807, 2.05) is 36.1 Å². The minimum absolute atomic E-state index is 0.126. The summed E-state index contributed by atoms with van der Waals surface area (Å²) in [5, 5.41) is 0. The average molecular weight is 355 g/mol. The van der Waals surface area contributed by atoms with Crippen LogP contribution in [-0.2, 0) is 9.53 Å². The summed E-state index contributed by atoms with van der Waals surface area (Å²) in [4.78, 5) is 23.1. The fourth-order valence-corrected chi connectivity index (χ4v) is 3.19. The van der Waals surface area contributed by atoms with Crippen molar-refractivity contribution in [1.82, 2.24) is 14.9 Å². The monoisotopic (exact) mass is 355 g/mol. The van der Waals surface area contributed by atoms with E-state index in [9.17, 15) is 4.79 Å². The normalized spacial score (nSPS) is 17.2. The number of benzene rings is 1. The molecule has 138 valence electrons. The van der Waals surface area contributed by atoms with Crippen LogP contribution < -0.4 is 4.74 Å². The number of carbonyl (C=O) groups is 1. The highest BCUT2D eigenvalue weighted by Gasteiger charge is 2.28. The summed E-state index contributed by atoms with van der Waals surface area (Å²) < 4.78 is 11.0. The highest BCUT2D eigenvalue weighted by molar-refractivity contribution is 5.76. The second kappa shape index (κ2) is 8.76. The van der Waals surface area contributed by atoms with E-state index in [-0.39, 0.29) is 11.8 Å². The van der Waals surface area contributed by atoms with Crippen LogP contribution in [0.25, 0.3) is 0 Å². The molecule has 1 aliphatic heterocycles. The van der Waals surface area contributed by atoms with Crippen molar-refractivity contribution in [2.24, 2.45) is 0 Å². The maximum Gasteiger partial charge on any atom is 0.241 e. The number of carbonyl (C=O) groups excluding carboxylic acids is 1. The van der Waals surface area contributed by atoms with Crippen LogP contribution in [0.15, 0.2) is 36.7 Å².